The van der Waals surface area contributed by atoms with Crippen molar-refractivity contribution in [2.24, 2.45) is 0 Å². The molecular weight excluding hydrogens is 579 g/mol. The maximum absolute atomic E-state index is 14.3. The third-order valence-corrected chi connectivity index (χ3v) is 7.23. The van der Waals surface area contributed by atoms with E-state index in [1.54, 1.807) is 21.0 Å². The largest absolute Gasteiger partial charge is 0.476 e. The maximum atomic E-state index is 14.3. The number of rotatable bonds is 10. The van der Waals surface area contributed by atoms with Gasteiger partial charge in [-0.3, -0.25) is 14.4 Å². The Labute approximate surface area is 249 Å². The molecule has 0 unspecified atom stereocenters. The maximum Gasteiger partial charge on any atom is 0.417 e. The summed E-state index contributed by atoms with van der Waals surface area (Å²) >= 11 is 0. The highest BCUT2D eigenvalue weighted by Gasteiger charge is 2.45. The van der Waals surface area contributed by atoms with Crippen molar-refractivity contribution in [3.05, 3.63) is 23.3 Å². The van der Waals surface area contributed by atoms with Gasteiger partial charge >= 0.3 is 12.6 Å². The van der Waals surface area contributed by atoms with E-state index >= 15 is 0 Å². The Hall–Kier alpha value is -3.00. The summed E-state index contributed by atoms with van der Waals surface area (Å²) in [5.74, 6) is -3.38. The van der Waals surface area contributed by atoms with Crippen LogP contribution in [0.2, 0.25) is 0 Å². The highest BCUT2D eigenvalue weighted by molar-refractivity contribution is 6.05. The van der Waals surface area contributed by atoms with Crippen molar-refractivity contribution in [1.29, 1.82) is 0 Å². The molecule has 0 spiro atoms. The lowest BCUT2D eigenvalue weighted by Gasteiger charge is -2.41. The molecule has 3 rings (SSSR count). The summed E-state index contributed by atoms with van der Waals surface area (Å²) in [5.41, 5.74) is -3.60. The molecule has 0 aromatic heterocycles. The molecule has 1 saturated heterocycles. The van der Waals surface area contributed by atoms with E-state index in [4.69, 9.17) is 9.47 Å². The van der Waals surface area contributed by atoms with Crippen molar-refractivity contribution in [3.8, 4) is 5.75 Å². The minimum Gasteiger partial charge on any atom is -0.476 e. The van der Waals surface area contributed by atoms with Gasteiger partial charge in [-0.05, 0) is 59.1 Å². The molecular formula is C29H43F5N4O5. The van der Waals surface area contributed by atoms with Gasteiger partial charge in [0.1, 0.15) is 5.75 Å². The first-order valence-corrected chi connectivity index (χ1v) is 14.5. The summed E-state index contributed by atoms with van der Waals surface area (Å²) in [7, 11) is 1.60. The Morgan fingerprint density at radius 3 is 2.37 bits per heavy atom. The second-order valence-corrected chi connectivity index (χ2v) is 10.9. The van der Waals surface area contributed by atoms with Crippen molar-refractivity contribution in [2.45, 2.75) is 97.1 Å². The number of methoxy groups -OCH3 is 1. The van der Waals surface area contributed by atoms with Gasteiger partial charge in [0, 0.05) is 51.5 Å². The van der Waals surface area contributed by atoms with E-state index < -0.39 is 59.6 Å². The Bertz CT molecular complexity index is 1120. The number of piperidine rings is 1. The predicted molar refractivity (Wildman–Crippen MR) is 151 cm³/mol. The number of nitrogens with one attached hydrogen (secondary N) is 2. The molecule has 3 amide bonds. The van der Waals surface area contributed by atoms with Crippen LogP contribution in [0.3, 0.4) is 0 Å². The summed E-state index contributed by atoms with van der Waals surface area (Å²) < 4.78 is 79.0. The van der Waals surface area contributed by atoms with Crippen LogP contribution in [0.25, 0.3) is 0 Å². The monoisotopic (exact) mass is 622 g/mol. The minimum absolute atomic E-state index is 0.123. The number of ether oxygens (including phenoxy) is 2. The fourth-order valence-corrected chi connectivity index (χ4v) is 5.22. The molecule has 0 bridgehead atoms. The quantitative estimate of drug-likeness (QED) is 0.370. The minimum atomic E-state index is -4.93. The molecule has 2 aliphatic heterocycles. The van der Waals surface area contributed by atoms with E-state index in [0.717, 1.165) is 17.4 Å². The van der Waals surface area contributed by atoms with E-state index in [9.17, 15) is 36.3 Å². The number of alkyl halides is 5. The van der Waals surface area contributed by atoms with Crippen LogP contribution in [0.1, 0.15) is 76.7 Å². The number of carbonyl (C=O) groups is 3. The highest BCUT2D eigenvalue weighted by atomic mass is 19.4. The molecule has 244 valence electrons. The summed E-state index contributed by atoms with van der Waals surface area (Å²) in [4.78, 5) is 40.8. The van der Waals surface area contributed by atoms with Gasteiger partial charge in [0.25, 0.3) is 17.7 Å². The molecule has 2 aliphatic rings. The van der Waals surface area contributed by atoms with E-state index in [0.29, 0.717) is 32.1 Å². The van der Waals surface area contributed by atoms with Gasteiger partial charge in [-0.25, -0.2) is 0 Å². The average molecular weight is 623 g/mol. The molecule has 1 fully saturated rings. The molecule has 0 saturated carbocycles. The number of carbonyl (C=O) groups excluding carboxylic acids is 3. The van der Waals surface area contributed by atoms with Crippen LogP contribution < -0.4 is 20.3 Å². The standard InChI is InChI=1S/C27H37F5N4O5.C2H6/c1-15(2)36(17-7-6-16(34-14-17)8-11-40-5)24(38)18-12-20-21(13-19(18)27(30,31)32)41-26(3,4)25(39)35(20)10-9-33-23(37)22(28)29;1-2/h12-13,15-17,22,34H,6-11,14H2,1-5H3,(H,33,37);1-2H3/t16-,17-;/m1./s1. The van der Waals surface area contributed by atoms with Crippen molar-refractivity contribution in [1.82, 2.24) is 15.5 Å². The number of hydrogen-bond acceptors (Lipinski definition) is 6. The topological polar surface area (TPSA) is 100 Å². The Balaban J connectivity index is 0.00000316. The van der Waals surface area contributed by atoms with Crippen LogP contribution in [0.5, 0.6) is 5.75 Å². The van der Waals surface area contributed by atoms with Gasteiger partial charge in [0.15, 0.2) is 5.60 Å². The van der Waals surface area contributed by atoms with Crippen molar-refractivity contribution >= 4 is 23.4 Å². The summed E-state index contributed by atoms with van der Waals surface area (Å²) in [6, 6.07) is 1.00. The van der Waals surface area contributed by atoms with Gasteiger partial charge in [-0.15, -0.1) is 0 Å². The lowest BCUT2D eigenvalue weighted by molar-refractivity contribution is -0.138. The SMILES string of the molecule is CC.COCC[C@H]1CC[C@@H](N(C(=O)c2cc3c(cc2C(F)(F)F)OC(C)(C)C(=O)N3CCNC(=O)C(F)F)C(C)C)CN1. The number of nitrogens with zero attached hydrogens (tertiary/aromatic N) is 2. The zero-order valence-corrected chi connectivity index (χ0v) is 25.7. The van der Waals surface area contributed by atoms with Gasteiger partial charge in [-0.1, -0.05) is 13.8 Å². The first kappa shape index (κ1) is 36.2. The van der Waals surface area contributed by atoms with E-state index in [2.05, 4.69) is 5.32 Å². The van der Waals surface area contributed by atoms with E-state index in [1.165, 1.54) is 18.7 Å². The fraction of sp³-hybridized carbons (Fsp3) is 0.690. The Kier molecular flexibility index (Phi) is 12.7. The summed E-state index contributed by atoms with van der Waals surface area (Å²) in [6.07, 6.45) is -6.16. The van der Waals surface area contributed by atoms with Crippen LogP contribution in [0.4, 0.5) is 27.6 Å². The number of amides is 3. The lowest BCUT2D eigenvalue weighted by atomic mass is 9.94. The van der Waals surface area contributed by atoms with Crippen molar-refractivity contribution < 1.29 is 45.8 Å². The number of fused-ring (bicyclic) bond motifs is 1. The van der Waals surface area contributed by atoms with E-state index in [1.807, 2.05) is 19.2 Å². The molecule has 9 nitrogen and oxygen atoms in total. The highest BCUT2D eigenvalue weighted by Crippen LogP contribution is 2.44. The summed E-state index contributed by atoms with van der Waals surface area (Å²) in [6.45, 7) is 10.3. The van der Waals surface area contributed by atoms with Crippen LogP contribution in [-0.2, 0) is 20.5 Å². The zero-order valence-electron chi connectivity index (χ0n) is 25.7. The molecule has 14 heteroatoms. The summed E-state index contributed by atoms with van der Waals surface area (Å²) in [5, 5.41) is 5.33. The molecule has 2 N–H and O–H groups in total. The molecule has 43 heavy (non-hydrogen) atoms. The Morgan fingerprint density at radius 2 is 1.86 bits per heavy atom. The van der Waals surface area contributed by atoms with Gasteiger partial charge in [0.2, 0.25) is 0 Å². The van der Waals surface area contributed by atoms with E-state index in [-0.39, 0.29) is 30.1 Å². The predicted octanol–water partition coefficient (Wildman–Crippen LogP) is 4.62. The van der Waals surface area contributed by atoms with Crippen LogP contribution >= 0.6 is 0 Å². The second kappa shape index (κ2) is 15.1. The second-order valence-electron chi connectivity index (χ2n) is 10.9. The number of hydrogen-bond donors (Lipinski definition) is 2. The first-order chi connectivity index (χ1) is 20.1. The average Bonchev–Trinajstić information content (AvgIpc) is 2.94. The molecule has 0 radical (unpaired) electrons. The third-order valence-electron chi connectivity index (χ3n) is 7.23. The molecule has 1 aromatic carbocycles. The molecule has 1 aromatic rings. The van der Waals surface area contributed by atoms with Crippen molar-refractivity contribution in [3.63, 3.8) is 0 Å². The van der Waals surface area contributed by atoms with Crippen molar-refractivity contribution in [2.75, 3.05) is 38.3 Å². The van der Waals surface area contributed by atoms with Gasteiger partial charge in [0.05, 0.1) is 16.8 Å². The Morgan fingerprint density at radius 1 is 1.21 bits per heavy atom. The molecule has 2 atom stereocenters. The first-order valence-electron chi connectivity index (χ1n) is 14.5. The lowest BCUT2D eigenvalue weighted by Crippen LogP contribution is -2.55. The normalized spacial score (nSPS) is 19.8. The number of anilines is 1. The molecule has 2 heterocycles. The van der Waals surface area contributed by atoms with Crippen LogP contribution in [0.15, 0.2) is 12.1 Å². The van der Waals surface area contributed by atoms with Crippen LogP contribution in [-0.4, -0.2) is 86.1 Å². The van der Waals surface area contributed by atoms with Gasteiger partial charge < -0.3 is 29.9 Å². The molecule has 0 aliphatic carbocycles. The smallest absolute Gasteiger partial charge is 0.417 e. The number of benzene rings is 1. The zero-order chi connectivity index (χ0) is 32.7. The number of halogens is 5. The van der Waals surface area contributed by atoms with Crippen LogP contribution in [0, 0.1) is 0 Å². The third kappa shape index (κ3) is 8.78. The van der Waals surface area contributed by atoms with Gasteiger partial charge in [-0.2, -0.15) is 22.0 Å². The fourth-order valence-electron chi connectivity index (χ4n) is 5.22.